The van der Waals surface area contributed by atoms with E-state index >= 15 is 0 Å². The molecule has 1 aliphatic heterocycles. The number of piperidine rings is 1. The first-order valence-electron chi connectivity index (χ1n) is 11.5. The van der Waals surface area contributed by atoms with Gasteiger partial charge >= 0.3 is 6.18 Å². The summed E-state index contributed by atoms with van der Waals surface area (Å²) in [4.78, 5) is 31.5. The van der Waals surface area contributed by atoms with Gasteiger partial charge in [-0.15, -0.1) is 0 Å². The fourth-order valence-electron chi connectivity index (χ4n) is 5.06. The summed E-state index contributed by atoms with van der Waals surface area (Å²) in [7, 11) is 0. The van der Waals surface area contributed by atoms with E-state index in [2.05, 4.69) is 15.2 Å². The molecule has 182 valence electrons. The zero-order valence-corrected chi connectivity index (χ0v) is 19.3. The van der Waals surface area contributed by atoms with Crippen LogP contribution in [0.3, 0.4) is 0 Å². The van der Waals surface area contributed by atoms with Crippen molar-refractivity contribution >= 4 is 27.7 Å². The molecule has 2 aromatic carbocycles. The summed E-state index contributed by atoms with van der Waals surface area (Å²) in [6, 6.07) is 10.8. The lowest BCUT2D eigenvalue weighted by molar-refractivity contribution is -0.137. The van der Waals surface area contributed by atoms with Gasteiger partial charge in [-0.05, 0) is 51.0 Å². The zero-order valence-electron chi connectivity index (χ0n) is 19.3. The number of aromatic nitrogens is 4. The van der Waals surface area contributed by atoms with Gasteiger partial charge in [-0.2, -0.15) is 18.3 Å². The number of carbonyl (C=O) groups is 1. The normalized spacial score (nSPS) is 16.2. The van der Waals surface area contributed by atoms with Crippen LogP contribution in [0, 0.1) is 6.92 Å². The standard InChI is InChI=1S/C25H24F3N5O2/c1-14(22-18-5-3-4-6-19(18)23(34)31-30-22)24(35)32-11-9-17(10-12-32)33-15(2)29-20-13-16(25(26,27)28)7-8-21(20)33/h3-8,13-14,17H,9-12H2,1-2H3,(H,31,34). The van der Waals surface area contributed by atoms with Crippen molar-refractivity contribution in [3.05, 3.63) is 69.9 Å². The van der Waals surface area contributed by atoms with E-state index in [0.29, 0.717) is 59.3 Å². The van der Waals surface area contributed by atoms with Gasteiger partial charge in [-0.1, -0.05) is 18.2 Å². The number of halogens is 3. The Morgan fingerprint density at radius 1 is 1.11 bits per heavy atom. The van der Waals surface area contributed by atoms with Crippen LogP contribution in [0.2, 0.25) is 0 Å². The van der Waals surface area contributed by atoms with Crippen molar-refractivity contribution in [2.45, 2.75) is 44.8 Å². The lowest BCUT2D eigenvalue weighted by atomic mass is 9.97. The van der Waals surface area contributed by atoms with E-state index in [4.69, 9.17) is 0 Å². The summed E-state index contributed by atoms with van der Waals surface area (Å²) in [6.07, 6.45) is -3.10. The fourth-order valence-corrected chi connectivity index (χ4v) is 5.06. The lowest BCUT2D eigenvalue weighted by Gasteiger charge is -2.34. The zero-order chi connectivity index (χ0) is 24.9. The molecule has 1 amide bonds. The maximum absolute atomic E-state index is 13.3. The van der Waals surface area contributed by atoms with Crippen LogP contribution < -0.4 is 5.56 Å². The van der Waals surface area contributed by atoms with Gasteiger partial charge in [0, 0.05) is 24.5 Å². The maximum Gasteiger partial charge on any atom is 0.416 e. The molecule has 35 heavy (non-hydrogen) atoms. The van der Waals surface area contributed by atoms with Crippen LogP contribution in [-0.2, 0) is 11.0 Å². The number of rotatable bonds is 3. The van der Waals surface area contributed by atoms with Crippen LogP contribution in [0.1, 0.15) is 48.8 Å². The Kier molecular flexibility index (Phi) is 5.61. The van der Waals surface area contributed by atoms with Gasteiger partial charge in [-0.25, -0.2) is 10.1 Å². The highest BCUT2D eigenvalue weighted by Crippen LogP contribution is 2.34. The van der Waals surface area contributed by atoms with Crippen LogP contribution in [0.4, 0.5) is 13.2 Å². The minimum atomic E-state index is -4.42. The number of benzene rings is 2. The van der Waals surface area contributed by atoms with Gasteiger partial charge < -0.3 is 9.47 Å². The van der Waals surface area contributed by atoms with Crippen molar-refractivity contribution in [1.82, 2.24) is 24.6 Å². The number of amides is 1. The van der Waals surface area contributed by atoms with E-state index in [1.807, 2.05) is 10.6 Å². The number of hydrogen-bond donors (Lipinski definition) is 1. The molecule has 10 heteroatoms. The number of likely N-dealkylation sites (tertiary alicyclic amines) is 1. The van der Waals surface area contributed by atoms with Gasteiger partial charge in [-0.3, -0.25) is 9.59 Å². The van der Waals surface area contributed by atoms with Crippen LogP contribution in [0.5, 0.6) is 0 Å². The van der Waals surface area contributed by atoms with E-state index in [0.717, 1.165) is 12.1 Å². The summed E-state index contributed by atoms with van der Waals surface area (Å²) in [6.45, 7) is 4.59. The largest absolute Gasteiger partial charge is 0.416 e. The second-order valence-corrected chi connectivity index (χ2v) is 8.99. The van der Waals surface area contributed by atoms with Crippen LogP contribution in [-0.4, -0.2) is 43.6 Å². The molecule has 0 bridgehead atoms. The SMILES string of the molecule is Cc1nc2cc(C(F)(F)F)ccc2n1C1CCN(C(=O)C(C)c2n[nH]c(=O)c3ccccc23)CC1. The Hall–Kier alpha value is -3.69. The number of nitrogens with one attached hydrogen (secondary N) is 1. The van der Waals surface area contributed by atoms with Crippen molar-refractivity contribution in [3.8, 4) is 0 Å². The Morgan fingerprint density at radius 2 is 1.80 bits per heavy atom. The predicted octanol–water partition coefficient (Wildman–Crippen LogP) is 4.57. The van der Waals surface area contributed by atoms with Crippen molar-refractivity contribution in [2.24, 2.45) is 0 Å². The average Bonchev–Trinajstić information content (AvgIpc) is 3.18. The number of aryl methyl sites for hydroxylation is 1. The fraction of sp³-hybridized carbons (Fsp3) is 0.360. The molecule has 0 spiro atoms. The average molecular weight is 483 g/mol. The molecule has 1 fully saturated rings. The first kappa shape index (κ1) is 23.1. The third-order valence-electron chi connectivity index (χ3n) is 6.84. The third-order valence-corrected chi connectivity index (χ3v) is 6.84. The van der Waals surface area contributed by atoms with Crippen molar-refractivity contribution in [3.63, 3.8) is 0 Å². The monoisotopic (exact) mass is 483 g/mol. The highest BCUT2D eigenvalue weighted by atomic mass is 19.4. The molecule has 1 saturated heterocycles. The quantitative estimate of drug-likeness (QED) is 0.463. The molecule has 2 aromatic heterocycles. The summed E-state index contributed by atoms with van der Waals surface area (Å²) < 4.78 is 41.3. The molecule has 3 heterocycles. The number of alkyl halides is 3. The first-order valence-corrected chi connectivity index (χ1v) is 11.5. The highest BCUT2D eigenvalue weighted by molar-refractivity contribution is 5.91. The molecule has 1 aliphatic rings. The van der Waals surface area contributed by atoms with E-state index in [1.54, 1.807) is 36.9 Å². The number of H-pyrrole nitrogens is 1. The summed E-state index contributed by atoms with van der Waals surface area (Å²) >= 11 is 0. The second-order valence-electron chi connectivity index (χ2n) is 8.99. The Labute approximate surface area is 198 Å². The molecule has 1 atom stereocenters. The summed E-state index contributed by atoms with van der Waals surface area (Å²) in [5.41, 5.74) is 0.504. The number of hydrogen-bond acceptors (Lipinski definition) is 4. The van der Waals surface area contributed by atoms with Crippen LogP contribution in [0.15, 0.2) is 47.3 Å². The topological polar surface area (TPSA) is 83.9 Å². The van der Waals surface area contributed by atoms with Gasteiger partial charge in [0.05, 0.1) is 33.6 Å². The van der Waals surface area contributed by atoms with E-state index in [-0.39, 0.29) is 17.5 Å². The number of imidazole rings is 1. The first-order chi connectivity index (χ1) is 16.6. The van der Waals surface area contributed by atoms with Gasteiger partial charge in [0.25, 0.3) is 5.56 Å². The number of carbonyl (C=O) groups excluding carboxylic acids is 1. The molecular weight excluding hydrogens is 459 g/mol. The Balaban J connectivity index is 1.34. The van der Waals surface area contributed by atoms with Gasteiger partial charge in [0.1, 0.15) is 5.82 Å². The van der Waals surface area contributed by atoms with Crippen molar-refractivity contribution < 1.29 is 18.0 Å². The summed E-state index contributed by atoms with van der Waals surface area (Å²) in [5.74, 6) is 0.0430. The molecule has 0 aliphatic carbocycles. The number of fused-ring (bicyclic) bond motifs is 2. The molecule has 0 saturated carbocycles. The number of nitrogens with zero attached hydrogens (tertiary/aromatic N) is 4. The Bertz CT molecular complexity index is 1480. The smallest absolute Gasteiger partial charge is 0.342 e. The van der Waals surface area contributed by atoms with Crippen LogP contribution in [0.25, 0.3) is 21.8 Å². The van der Waals surface area contributed by atoms with Crippen LogP contribution >= 0.6 is 0 Å². The van der Waals surface area contributed by atoms with Gasteiger partial charge in [0.15, 0.2) is 0 Å². The molecule has 0 radical (unpaired) electrons. The van der Waals surface area contributed by atoms with Gasteiger partial charge in [0.2, 0.25) is 5.91 Å². The molecular formula is C25H24F3N5O2. The molecule has 4 aromatic rings. The minimum Gasteiger partial charge on any atom is -0.342 e. The molecule has 1 unspecified atom stereocenters. The predicted molar refractivity (Wildman–Crippen MR) is 125 cm³/mol. The second kappa shape index (κ2) is 8.51. The number of aromatic amines is 1. The van der Waals surface area contributed by atoms with E-state index in [1.165, 1.54) is 6.07 Å². The minimum absolute atomic E-state index is 0.0307. The molecule has 7 nitrogen and oxygen atoms in total. The maximum atomic E-state index is 13.3. The third kappa shape index (κ3) is 4.06. The van der Waals surface area contributed by atoms with E-state index in [9.17, 15) is 22.8 Å². The van der Waals surface area contributed by atoms with Crippen molar-refractivity contribution in [2.75, 3.05) is 13.1 Å². The lowest BCUT2D eigenvalue weighted by Crippen LogP contribution is -2.41. The summed E-state index contributed by atoms with van der Waals surface area (Å²) in [5, 5.41) is 7.81. The molecule has 5 rings (SSSR count). The molecule has 1 N–H and O–H groups in total. The van der Waals surface area contributed by atoms with Crippen molar-refractivity contribution in [1.29, 1.82) is 0 Å². The highest BCUT2D eigenvalue weighted by Gasteiger charge is 2.33. The van der Waals surface area contributed by atoms with E-state index < -0.39 is 17.7 Å². The Morgan fingerprint density at radius 3 is 2.49 bits per heavy atom.